The van der Waals surface area contributed by atoms with Gasteiger partial charge in [0.2, 0.25) is 0 Å². The Morgan fingerprint density at radius 3 is 2.44 bits per heavy atom. The van der Waals surface area contributed by atoms with Crippen LogP contribution in [0.2, 0.25) is 0 Å². The minimum atomic E-state index is -0.539. The van der Waals surface area contributed by atoms with E-state index in [1.165, 1.54) is 30.5 Å². The van der Waals surface area contributed by atoms with Gasteiger partial charge in [-0.1, -0.05) is 6.07 Å². The fourth-order valence-corrected chi connectivity index (χ4v) is 3.35. The summed E-state index contributed by atoms with van der Waals surface area (Å²) < 4.78 is 6.19. The fourth-order valence-electron chi connectivity index (χ4n) is 2.84. The van der Waals surface area contributed by atoms with Crippen LogP contribution in [0.4, 0.5) is 11.4 Å². The maximum Gasteiger partial charge on any atom is 0.271 e. The normalized spacial score (nSPS) is 10.7. The van der Waals surface area contributed by atoms with E-state index in [4.69, 9.17) is 4.74 Å². The first-order chi connectivity index (χ1) is 16.2. The quantitative estimate of drug-likeness (QED) is 0.250. The molecule has 0 radical (unpaired) electrons. The molecule has 0 saturated heterocycles. The molecule has 174 valence electrons. The van der Waals surface area contributed by atoms with Crippen molar-refractivity contribution in [3.8, 4) is 5.75 Å². The minimum absolute atomic E-state index is 0.102. The number of nitro benzene ring substituents is 1. The minimum Gasteiger partial charge on any atom is -0.483 e. The van der Waals surface area contributed by atoms with Gasteiger partial charge in [-0.15, -0.1) is 0 Å². The summed E-state index contributed by atoms with van der Waals surface area (Å²) in [4.78, 5) is 34.4. The number of aryl methyl sites for hydroxylation is 2. The summed E-state index contributed by atoms with van der Waals surface area (Å²) in [5, 5.41) is 17.4. The van der Waals surface area contributed by atoms with Crippen molar-refractivity contribution >= 4 is 45.3 Å². The van der Waals surface area contributed by atoms with Crippen LogP contribution in [0, 0.1) is 24.0 Å². The number of benzene rings is 3. The van der Waals surface area contributed by atoms with E-state index in [2.05, 4.69) is 31.8 Å². The van der Waals surface area contributed by atoms with Gasteiger partial charge in [0.1, 0.15) is 5.75 Å². The lowest BCUT2D eigenvalue weighted by Crippen LogP contribution is -2.20. The molecule has 0 spiro atoms. The second kappa shape index (κ2) is 11.2. The monoisotopic (exact) mass is 524 g/mol. The molecular formula is C24H21BrN4O5. The third-order valence-corrected chi connectivity index (χ3v) is 5.45. The highest BCUT2D eigenvalue weighted by atomic mass is 79.9. The van der Waals surface area contributed by atoms with Gasteiger partial charge in [0.05, 0.1) is 15.6 Å². The number of hydrazone groups is 1. The topological polar surface area (TPSA) is 123 Å². The molecule has 34 heavy (non-hydrogen) atoms. The fraction of sp³-hybridized carbons (Fsp3) is 0.125. The van der Waals surface area contributed by atoms with Gasteiger partial charge in [0.25, 0.3) is 17.5 Å². The molecule has 0 aliphatic heterocycles. The Balaban J connectivity index is 1.52. The van der Waals surface area contributed by atoms with Gasteiger partial charge in [0, 0.05) is 23.4 Å². The molecule has 3 aromatic rings. The lowest BCUT2D eigenvalue weighted by Gasteiger charge is -2.10. The molecule has 0 fully saturated rings. The highest BCUT2D eigenvalue weighted by Gasteiger charge is 2.09. The number of carbonyl (C=O) groups is 2. The second-order valence-corrected chi connectivity index (χ2v) is 8.18. The number of ether oxygens (including phenoxy) is 1. The van der Waals surface area contributed by atoms with Crippen LogP contribution in [0.25, 0.3) is 0 Å². The molecule has 0 aliphatic carbocycles. The number of nitro groups is 1. The average Bonchev–Trinajstić information content (AvgIpc) is 2.81. The van der Waals surface area contributed by atoms with Crippen molar-refractivity contribution in [2.75, 3.05) is 11.9 Å². The predicted molar refractivity (Wildman–Crippen MR) is 132 cm³/mol. The molecule has 0 bridgehead atoms. The van der Waals surface area contributed by atoms with Crippen molar-refractivity contribution in [1.82, 2.24) is 5.43 Å². The summed E-state index contributed by atoms with van der Waals surface area (Å²) in [5.41, 5.74) is 6.11. The second-order valence-electron chi connectivity index (χ2n) is 7.33. The highest BCUT2D eigenvalue weighted by molar-refractivity contribution is 9.10. The van der Waals surface area contributed by atoms with E-state index in [-0.39, 0.29) is 23.8 Å². The van der Waals surface area contributed by atoms with Gasteiger partial charge in [0.15, 0.2) is 6.61 Å². The van der Waals surface area contributed by atoms with E-state index in [0.29, 0.717) is 21.5 Å². The highest BCUT2D eigenvalue weighted by Crippen LogP contribution is 2.25. The predicted octanol–water partition coefficient (Wildman–Crippen LogP) is 4.76. The van der Waals surface area contributed by atoms with Crippen LogP contribution in [-0.2, 0) is 4.79 Å². The summed E-state index contributed by atoms with van der Waals surface area (Å²) in [6, 6.07) is 16.0. The maximum absolute atomic E-state index is 12.2. The molecule has 2 amide bonds. The van der Waals surface area contributed by atoms with Crippen molar-refractivity contribution < 1.29 is 19.2 Å². The number of hydrogen-bond acceptors (Lipinski definition) is 6. The molecule has 9 nitrogen and oxygen atoms in total. The third kappa shape index (κ3) is 6.72. The summed E-state index contributed by atoms with van der Waals surface area (Å²) in [7, 11) is 0. The zero-order valence-corrected chi connectivity index (χ0v) is 20.0. The number of halogens is 1. The molecule has 0 aliphatic rings. The van der Waals surface area contributed by atoms with Crippen LogP contribution in [0.1, 0.15) is 27.0 Å². The lowest BCUT2D eigenvalue weighted by atomic mass is 10.1. The SMILES string of the molecule is Cc1ccc(NC(=O)COc2ccc(/C=N/NC(=O)c3ccc([N+](=O)[O-])cc3)cc2Br)cc1C. The van der Waals surface area contributed by atoms with Gasteiger partial charge in [-0.3, -0.25) is 19.7 Å². The van der Waals surface area contributed by atoms with Crippen LogP contribution < -0.4 is 15.5 Å². The average molecular weight is 525 g/mol. The van der Waals surface area contributed by atoms with E-state index in [9.17, 15) is 19.7 Å². The Bertz CT molecular complexity index is 1260. The molecule has 0 aromatic heterocycles. The van der Waals surface area contributed by atoms with Crippen LogP contribution in [0.15, 0.2) is 70.2 Å². The Morgan fingerprint density at radius 2 is 1.79 bits per heavy atom. The number of amides is 2. The number of hydrogen-bond donors (Lipinski definition) is 2. The summed E-state index contributed by atoms with van der Waals surface area (Å²) >= 11 is 3.40. The van der Waals surface area contributed by atoms with Crippen LogP contribution in [-0.4, -0.2) is 29.6 Å². The zero-order chi connectivity index (χ0) is 24.7. The molecule has 0 unspecified atom stereocenters. The Morgan fingerprint density at radius 1 is 1.06 bits per heavy atom. The molecule has 10 heteroatoms. The number of nitrogens with zero attached hydrogens (tertiary/aromatic N) is 2. The number of carbonyl (C=O) groups excluding carboxylic acids is 2. The van der Waals surface area contributed by atoms with E-state index >= 15 is 0 Å². The molecule has 0 saturated carbocycles. The van der Waals surface area contributed by atoms with E-state index in [0.717, 1.165) is 11.1 Å². The summed E-state index contributed by atoms with van der Waals surface area (Å²) in [5.74, 6) is -0.308. The Labute approximate surface area is 204 Å². The first-order valence-corrected chi connectivity index (χ1v) is 10.9. The molecule has 3 rings (SSSR count). The largest absolute Gasteiger partial charge is 0.483 e. The first-order valence-electron chi connectivity index (χ1n) is 10.1. The Kier molecular flexibility index (Phi) is 8.10. The number of rotatable bonds is 8. The van der Waals surface area contributed by atoms with Crippen molar-refractivity contribution in [2.24, 2.45) is 5.10 Å². The first kappa shape index (κ1) is 24.6. The summed E-state index contributed by atoms with van der Waals surface area (Å²) in [6.45, 7) is 3.82. The third-order valence-electron chi connectivity index (χ3n) is 4.83. The number of non-ortho nitro benzene ring substituents is 1. The molecular weight excluding hydrogens is 504 g/mol. The van der Waals surface area contributed by atoms with Gasteiger partial charge in [-0.2, -0.15) is 5.10 Å². The van der Waals surface area contributed by atoms with Crippen molar-refractivity contribution in [3.05, 3.63) is 97.5 Å². The van der Waals surface area contributed by atoms with E-state index in [1.807, 2.05) is 32.0 Å². The van der Waals surface area contributed by atoms with Crippen LogP contribution in [0.5, 0.6) is 5.75 Å². The molecule has 0 heterocycles. The van der Waals surface area contributed by atoms with Crippen LogP contribution in [0.3, 0.4) is 0 Å². The number of nitrogens with one attached hydrogen (secondary N) is 2. The van der Waals surface area contributed by atoms with Crippen molar-refractivity contribution in [2.45, 2.75) is 13.8 Å². The maximum atomic E-state index is 12.2. The van der Waals surface area contributed by atoms with Gasteiger partial charge < -0.3 is 10.1 Å². The summed E-state index contributed by atoms with van der Waals surface area (Å²) in [6.07, 6.45) is 1.43. The standard InChI is InChI=1S/C24H21BrN4O5/c1-15-3-7-19(11-16(15)2)27-23(30)14-34-22-10-4-17(12-21(22)25)13-26-28-24(31)18-5-8-20(9-6-18)29(32)33/h3-13H,14H2,1-2H3,(H,27,30)(H,28,31)/b26-13+. The lowest BCUT2D eigenvalue weighted by molar-refractivity contribution is -0.384. The van der Waals surface area contributed by atoms with Crippen molar-refractivity contribution in [3.63, 3.8) is 0 Å². The number of anilines is 1. The molecule has 2 N–H and O–H groups in total. The van der Waals surface area contributed by atoms with E-state index < -0.39 is 10.8 Å². The van der Waals surface area contributed by atoms with Crippen molar-refractivity contribution in [1.29, 1.82) is 0 Å². The Hall–Kier alpha value is -4.05. The zero-order valence-electron chi connectivity index (χ0n) is 18.4. The van der Waals surface area contributed by atoms with Gasteiger partial charge >= 0.3 is 0 Å². The van der Waals surface area contributed by atoms with Crippen LogP contribution >= 0.6 is 15.9 Å². The van der Waals surface area contributed by atoms with E-state index in [1.54, 1.807) is 18.2 Å². The van der Waals surface area contributed by atoms with Gasteiger partial charge in [-0.25, -0.2) is 5.43 Å². The molecule has 3 aromatic carbocycles. The molecule has 0 atom stereocenters. The smallest absolute Gasteiger partial charge is 0.271 e. The van der Waals surface area contributed by atoms with Gasteiger partial charge in [-0.05, 0) is 88.9 Å².